The summed E-state index contributed by atoms with van der Waals surface area (Å²) in [5, 5.41) is 5.34. The van der Waals surface area contributed by atoms with Crippen LogP contribution in [0.3, 0.4) is 0 Å². The van der Waals surface area contributed by atoms with Crippen molar-refractivity contribution in [2.75, 3.05) is 18.7 Å². The highest BCUT2D eigenvalue weighted by atomic mass is 16.7. The molecule has 3 rings (SSSR count). The van der Waals surface area contributed by atoms with E-state index in [4.69, 9.17) is 14.2 Å². The van der Waals surface area contributed by atoms with Crippen LogP contribution in [0.5, 0.6) is 11.5 Å². The summed E-state index contributed by atoms with van der Waals surface area (Å²) in [5.74, 6) is -0.0428. The fraction of sp³-hybridized carbons (Fsp3) is 0.250. The van der Waals surface area contributed by atoms with Gasteiger partial charge < -0.3 is 24.8 Å². The van der Waals surface area contributed by atoms with Crippen molar-refractivity contribution in [1.82, 2.24) is 5.32 Å². The lowest BCUT2D eigenvalue weighted by atomic mass is 10.1. The number of fused-ring (bicyclic) bond motifs is 1. The summed E-state index contributed by atoms with van der Waals surface area (Å²) in [6.45, 7) is 2.95. The van der Waals surface area contributed by atoms with Crippen molar-refractivity contribution in [3.8, 4) is 11.5 Å². The average molecular weight is 384 g/mol. The van der Waals surface area contributed by atoms with Crippen LogP contribution in [0.1, 0.15) is 35.8 Å². The first-order valence-corrected chi connectivity index (χ1v) is 8.66. The van der Waals surface area contributed by atoms with Gasteiger partial charge in [-0.2, -0.15) is 0 Å². The molecule has 0 radical (unpaired) electrons. The number of hydrogen-bond acceptors (Lipinski definition) is 6. The molecule has 8 heteroatoms. The fourth-order valence-electron chi connectivity index (χ4n) is 2.69. The van der Waals surface area contributed by atoms with E-state index in [0.717, 1.165) is 5.56 Å². The lowest BCUT2D eigenvalue weighted by Gasteiger charge is -2.15. The molecular weight excluding hydrogens is 364 g/mol. The monoisotopic (exact) mass is 384 g/mol. The van der Waals surface area contributed by atoms with Crippen molar-refractivity contribution >= 4 is 23.5 Å². The van der Waals surface area contributed by atoms with Crippen molar-refractivity contribution in [3.63, 3.8) is 0 Å². The highest BCUT2D eigenvalue weighted by molar-refractivity contribution is 5.94. The summed E-state index contributed by atoms with van der Waals surface area (Å²) in [4.78, 5) is 35.3. The van der Waals surface area contributed by atoms with E-state index in [1.54, 1.807) is 30.3 Å². The van der Waals surface area contributed by atoms with Crippen LogP contribution in [0.15, 0.2) is 42.5 Å². The molecule has 0 saturated heterocycles. The smallest absolute Gasteiger partial charge is 0.338 e. The Morgan fingerprint density at radius 1 is 1.11 bits per heavy atom. The summed E-state index contributed by atoms with van der Waals surface area (Å²) in [7, 11) is 0. The van der Waals surface area contributed by atoms with Crippen LogP contribution < -0.4 is 20.1 Å². The maximum atomic E-state index is 12.1. The van der Waals surface area contributed by atoms with Crippen molar-refractivity contribution in [2.24, 2.45) is 0 Å². The van der Waals surface area contributed by atoms with Gasteiger partial charge in [-0.15, -0.1) is 0 Å². The zero-order valence-corrected chi connectivity index (χ0v) is 15.5. The van der Waals surface area contributed by atoms with E-state index in [0.29, 0.717) is 17.2 Å². The number of amides is 2. The van der Waals surface area contributed by atoms with E-state index in [9.17, 15) is 14.4 Å². The Hall–Kier alpha value is -3.55. The van der Waals surface area contributed by atoms with Crippen LogP contribution in [-0.4, -0.2) is 31.2 Å². The van der Waals surface area contributed by atoms with Crippen LogP contribution >= 0.6 is 0 Å². The van der Waals surface area contributed by atoms with Gasteiger partial charge in [0.1, 0.15) is 0 Å². The lowest BCUT2D eigenvalue weighted by Crippen LogP contribution is -2.31. The molecule has 28 heavy (non-hydrogen) atoms. The second-order valence-corrected chi connectivity index (χ2v) is 6.24. The van der Waals surface area contributed by atoms with E-state index in [-0.39, 0.29) is 24.3 Å². The van der Waals surface area contributed by atoms with Gasteiger partial charge in [0.25, 0.3) is 5.91 Å². The average Bonchev–Trinajstić information content (AvgIpc) is 3.13. The molecule has 0 unspecified atom stereocenters. The molecule has 0 bridgehead atoms. The molecule has 0 fully saturated rings. The number of anilines is 1. The molecule has 2 aromatic rings. The summed E-state index contributed by atoms with van der Waals surface area (Å²) in [6, 6.07) is 11.4. The third-order valence-electron chi connectivity index (χ3n) is 4.03. The topological polar surface area (TPSA) is 103 Å². The van der Waals surface area contributed by atoms with Crippen LogP contribution in [-0.2, 0) is 14.3 Å². The summed E-state index contributed by atoms with van der Waals surface area (Å²) >= 11 is 0. The van der Waals surface area contributed by atoms with Gasteiger partial charge >= 0.3 is 5.97 Å². The van der Waals surface area contributed by atoms with Crippen LogP contribution in [0.4, 0.5) is 5.69 Å². The van der Waals surface area contributed by atoms with Gasteiger partial charge in [0, 0.05) is 12.6 Å². The molecule has 0 aromatic heterocycles. The van der Waals surface area contributed by atoms with Gasteiger partial charge in [0.05, 0.1) is 11.6 Å². The maximum absolute atomic E-state index is 12.1. The Kier molecular flexibility index (Phi) is 5.78. The van der Waals surface area contributed by atoms with Gasteiger partial charge in [-0.25, -0.2) is 4.79 Å². The molecule has 0 aliphatic carbocycles. The van der Waals surface area contributed by atoms with Gasteiger partial charge in [0.15, 0.2) is 18.1 Å². The van der Waals surface area contributed by atoms with Crippen LogP contribution in [0.25, 0.3) is 0 Å². The second kappa shape index (κ2) is 8.43. The Morgan fingerprint density at radius 2 is 1.89 bits per heavy atom. The number of ether oxygens (including phenoxy) is 3. The molecule has 1 heterocycles. The van der Waals surface area contributed by atoms with Gasteiger partial charge in [0.2, 0.25) is 12.7 Å². The Labute approximate surface area is 161 Å². The minimum atomic E-state index is -0.655. The van der Waals surface area contributed by atoms with Gasteiger partial charge in [-0.05, 0) is 42.8 Å². The summed E-state index contributed by atoms with van der Waals surface area (Å²) in [5.41, 5.74) is 1.55. The van der Waals surface area contributed by atoms with Crippen molar-refractivity contribution in [3.05, 3.63) is 53.6 Å². The standard InChI is InChI=1S/C20H20N2O6/c1-12(14-6-7-17-18(9-14)28-11-27-17)21-19(24)10-26-20(25)15-4-3-5-16(8-15)22-13(2)23/h3-9,12H,10-11H2,1-2H3,(H,21,24)(H,22,23)/t12-/m0/s1. The molecular formula is C20H20N2O6. The summed E-state index contributed by atoms with van der Waals surface area (Å²) < 4.78 is 15.6. The lowest BCUT2D eigenvalue weighted by molar-refractivity contribution is -0.124. The third-order valence-corrected chi connectivity index (χ3v) is 4.03. The quantitative estimate of drug-likeness (QED) is 0.742. The minimum absolute atomic E-state index is 0.179. The van der Waals surface area contributed by atoms with Crippen molar-refractivity contribution < 1.29 is 28.6 Å². The van der Waals surface area contributed by atoms with E-state index in [2.05, 4.69) is 10.6 Å². The molecule has 0 saturated carbocycles. The highest BCUT2D eigenvalue weighted by Gasteiger charge is 2.18. The van der Waals surface area contributed by atoms with Gasteiger partial charge in [-0.1, -0.05) is 12.1 Å². The molecule has 146 valence electrons. The van der Waals surface area contributed by atoms with E-state index >= 15 is 0 Å². The zero-order valence-electron chi connectivity index (χ0n) is 15.5. The maximum Gasteiger partial charge on any atom is 0.338 e. The number of carbonyl (C=O) groups is 3. The predicted octanol–water partition coefficient (Wildman–Crippen LogP) is 2.41. The van der Waals surface area contributed by atoms with Gasteiger partial charge in [-0.3, -0.25) is 9.59 Å². The Bertz CT molecular complexity index is 911. The number of nitrogens with one attached hydrogen (secondary N) is 2. The minimum Gasteiger partial charge on any atom is -0.454 e. The van der Waals surface area contributed by atoms with E-state index in [1.165, 1.54) is 13.0 Å². The number of esters is 1. The molecule has 1 atom stereocenters. The molecule has 2 aromatic carbocycles. The number of rotatable bonds is 6. The van der Waals surface area contributed by atoms with E-state index < -0.39 is 18.5 Å². The van der Waals surface area contributed by atoms with E-state index in [1.807, 2.05) is 13.0 Å². The molecule has 2 N–H and O–H groups in total. The Balaban J connectivity index is 1.52. The largest absolute Gasteiger partial charge is 0.454 e. The number of carbonyl (C=O) groups excluding carboxylic acids is 3. The normalized spacial score (nSPS) is 12.8. The first kappa shape index (κ1) is 19.2. The summed E-state index contributed by atoms with van der Waals surface area (Å²) in [6.07, 6.45) is 0. The van der Waals surface area contributed by atoms with Crippen molar-refractivity contribution in [2.45, 2.75) is 19.9 Å². The molecule has 1 aliphatic rings. The predicted molar refractivity (Wildman–Crippen MR) is 100 cm³/mol. The SMILES string of the molecule is CC(=O)Nc1cccc(C(=O)OCC(=O)N[C@@H](C)c2ccc3c(c2)OCO3)c1. The Morgan fingerprint density at radius 3 is 2.68 bits per heavy atom. The fourth-order valence-corrected chi connectivity index (χ4v) is 2.69. The van der Waals surface area contributed by atoms with Crippen molar-refractivity contribution in [1.29, 1.82) is 0 Å². The molecule has 1 aliphatic heterocycles. The third kappa shape index (κ3) is 4.79. The first-order valence-electron chi connectivity index (χ1n) is 8.66. The second-order valence-electron chi connectivity index (χ2n) is 6.24. The molecule has 8 nitrogen and oxygen atoms in total. The zero-order chi connectivity index (χ0) is 20.1. The van der Waals surface area contributed by atoms with Crippen LogP contribution in [0, 0.1) is 0 Å². The number of benzene rings is 2. The number of hydrogen-bond donors (Lipinski definition) is 2. The molecule has 0 spiro atoms. The highest BCUT2D eigenvalue weighted by Crippen LogP contribution is 2.34. The molecule has 2 amide bonds. The first-order chi connectivity index (χ1) is 13.4. The van der Waals surface area contributed by atoms with Crippen LogP contribution in [0.2, 0.25) is 0 Å².